The number of nitrogens with zero attached hydrogens (tertiary/aromatic N) is 1. The summed E-state index contributed by atoms with van der Waals surface area (Å²) in [5.41, 5.74) is 6.78. The first-order valence-electron chi connectivity index (χ1n) is 14.4. The molecule has 46 heavy (non-hydrogen) atoms. The molecule has 0 bridgehead atoms. The number of urea groups is 1. The smallest absolute Gasteiger partial charge is 0.337 e. The van der Waals surface area contributed by atoms with Crippen molar-refractivity contribution in [2.45, 2.75) is 39.6 Å². The third-order valence-electron chi connectivity index (χ3n) is 6.90. The third-order valence-corrected chi connectivity index (χ3v) is 7.58. The van der Waals surface area contributed by atoms with Gasteiger partial charge in [-0.15, -0.1) is 0 Å². The Labute approximate surface area is 275 Å². The molecule has 3 aromatic rings. The number of allylic oxidation sites excluding steroid dienone is 1. The molecule has 0 saturated heterocycles. The SMILES string of the molecule is CCOc1cc([C@@H]2NC(=O)NC(C)=C2C(=O)OC)ccc1OC[C@@H](O)N/N=C\c1cc(OC)c(OCc2ccc(C)cc2)cc1Br. The number of carbonyl (C=O) groups excluding carboxylic acids is 2. The summed E-state index contributed by atoms with van der Waals surface area (Å²) in [6.07, 6.45) is 0.366. The number of esters is 1. The molecule has 2 amide bonds. The van der Waals surface area contributed by atoms with Gasteiger partial charge >= 0.3 is 12.0 Å². The van der Waals surface area contributed by atoms with Crippen LogP contribution in [0.3, 0.4) is 0 Å². The van der Waals surface area contributed by atoms with E-state index in [9.17, 15) is 14.7 Å². The van der Waals surface area contributed by atoms with Crippen molar-refractivity contribution in [3.05, 3.63) is 92.6 Å². The van der Waals surface area contributed by atoms with Crippen LogP contribution in [0.2, 0.25) is 0 Å². The van der Waals surface area contributed by atoms with Gasteiger partial charge in [-0.2, -0.15) is 5.10 Å². The van der Waals surface area contributed by atoms with Gasteiger partial charge in [0.2, 0.25) is 0 Å². The number of hydrogen-bond acceptors (Lipinski definition) is 10. The minimum absolute atomic E-state index is 0.163. The van der Waals surface area contributed by atoms with E-state index in [0.717, 1.165) is 10.0 Å². The minimum Gasteiger partial charge on any atom is -0.493 e. The van der Waals surface area contributed by atoms with Gasteiger partial charge in [-0.05, 0) is 72.1 Å². The number of halogens is 1. The fourth-order valence-corrected chi connectivity index (χ4v) is 5.01. The van der Waals surface area contributed by atoms with E-state index in [1.165, 1.54) is 18.9 Å². The largest absolute Gasteiger partial charge is 0.493 e. The number of hydrogen-bond donors (Lipinski definition) is 4. The zero-order valence-electron chi connectivity index (χ0n) is 26.2. The molecule has 0 fully saturated rings. The summed E-state index contributed by atoms with van der Waals surface area (Å²) in [6.45, 7) is 6.03. The van der Waals surface area contributed by atoms with Crippen molar-refractivity contribution in [1.29, 1.82) is 0 Å². The Morgan fingerprint density at radius 3 is 2.46 bits per heavy atom. The zero-order chi connectivity index (χ0) is 33.2. The molecule has 244 valence electrons. The standard InChI is InChI=1S/C33H37BrN4O8/c1-6-44-27-13-22(31-30(32(40)43-5)20(3)36-33(41)37-31)11-12-25(27)46-18-29(39)38-35-16-23-14-26(42-4)28(15-24(23)34)45-17-21-9-7-19(2)8-10-21/h7-16,29,31,38-39H,6,17-18H2,1-5H3,(H2,36,37,41)/b35-16-/t29-,31+/m1/s1. The zero-order valence-corrected chi connectivity index (χ0v) is 27.8. The Hall–Kier alpha value is -4.75. The highest BCUT2D eigenvalue weighted by molar-refractivity contribution is 9.10. The summed E-state index contributed by atoms with van der Waals surface area (Å²) in [5, 5.41) is 20.0. The van der Waals surface area contributed by atoms with Crippen LogP contribution in [0.15, 0.2) is 75.4 Å². The van der Waals surface area contributed by atoms with Crippen LogP contribution in [0.25, 0.3) is 0 Å². The van der Waals surface area contributed by atoms with E-state index in [-0.39, 0.29) is 12.2 Å². The van der Waals surface area contributed by atoms with E-state index in [4.69, 9.17) is 23.7 Å². The van der Waals surface area contributed by atoms with Gasteiger partial charge in [0, 0.05) is 15.7 Å². The van der Waals surface area contributed by atoms with E-state index in [1.807, 2.05) is 38.1 Å². The molecular weight excluding hydrogens is 660 g/mol. The molecule has 13 heteroatoms. The van der Waals surface area contributed by atoms with Gasteiger partial charge in [-0.3, -0.25) is 5.43 Å². The highest BCUT2D eigenvalue weighted by Gasteiger charge is 2.32. The van der Waals surface area contributed by atoms with E-state index >= 15 is 0 Å². The average Bonchev–Trinajstić information content (AvgIpc) is 3.04. The molecule has 1 heterocycles. The highest BCUT2D eigenvalue weighted by atomic mass is 79.9. The lowest BCUT2D eigenvalue weighted by Gasteiger charge is -2.28. The lowest BCUT2D eigenvalue weighted by atomic mass is 9.95. The maximum atomic E-state index is 12.5. The molecule has 0 spiro atoms. The van der Waals surface area contributed by atoms with Gasteiger partial charge in [-0.1, -0.05) is 35.9 Å². The summed E-state index contributed by atoms with van der Waals surface area (Å²) < 4.78 is 28.7. The van der Waals surface area contributed by atoms with Crippen molar-refractivity contribution in [2.75, 3.05) is 27.4 Å². The predicted octanol–water partition coefficient (Wildman–Crippen LogP) is 4.87. The lowest BCUT2D eigenvalue weighted by molar-refractivity contribution is -0.136. The van der Waals surface area contributed by atoms with Crippen LogP contribution in [-0.4, -0.2) is 57.0 Å². The fourth-order valence-electron chi connectivity index (χ4n) is 4.58. The van der Waals surface area contributed by atoms with Gasteiger partial charge in [0.1, 0.15) is 13.2 Å². The first kappa shape index (κ1) is 34.1. The Morgan fingerprint density at radius 1 is 1.02 bits per heavy atom. The lowest BCUT2D eigenvalue weighted by Crippen LogP contribution is -2.45. The second kappa shape index (κ2) is 16.0. The number of aliphatic hydroxyl groups is 1. The maximum Gasteiger partial charge on any atom is 0.337 e. The van der Waals surface area contributed by atoms with Gasteiger partial charge < -0.3 is 39.4 Å². The average molecular weight is 698 g/mol. The van der Waals surface area contributed by atoms with Crippen molar-refractivity contribution in [1.82, 2.24) is 16.1 Å². The molecule has 1 aliphatic heterocycles. The Bertz CT molecular complexity index is 1610. The monoisotopic (exact) mass is 696 g/mol. The number of methoxy groups -OCH3 is 2. The van der Waals surface area contributed by atoms with E-state index in [1.54, 1.807) is 44.4 Å². The van der Waals surface area contributed by atoms with Crippen LogP contribution in [0.4, 0.5) is 4.79 Å². The number of aliphatic hydroxyl groups excluding tert-OH is 1. The third kappa shape index (κ3) is 8.70. The quantitative estimate of drug-likeness (QED) is 0.0802. The molecule has 1 aliphatic rings. The van der Waals surface area contributed by atoms with E-state index in [2.05, 4.69) is 37.1 Å². The molecule has 0 aromatic heterocycles. The summed E-state index contributed by atoms with van der Waals surface area (Å²) in [7, 11) is 2.83. The minimum atomic E-state index is -1.16. The maximum absolute atomic E-state index is 12.5. The second-order valence-corrected chi connectivity index (χ2v) is 11.1. The molecule has 4 rings (SSSR count). The summed E-state index contributed by atoms with van der Waals surface area (Å²) in [5.74, 6) is 1.24. The number of aryl methyl sites for hydroxylation is 1. The molecule has 0 unspecified atom stereocenters. The Morgan fingerprint density at radius 2 is 1.76 bits per heavy atom. The second-order valence-electron chi connectivity index (χ2n) is 10.2. The Kier molecular flexibility index (Phi) is 11.9. The molecule has 0 saturated carbocycles. The first-order chi connectivity index (χ1) is 22.1. The van der Waals surface area contributed by atoms with Crippen molar-refractivity contribution >= 4 is 34.1 Å². The number of benzene rings is 3. The van der Waals surface area contributed by atoms with Crippen molar-refractivity contribution in [2.24, 2.45) is 5.10 Å². The molecule has 12 nitrogen and oxygen atoms in total. The van der Waals surface area contributed by atoms with Gasteiger partial charge in [0.25, 0.3) is 0 Å². The van der Waals surface area contributed by atoms with Crippen molar-refractivity contribution in [3.63, 3.8) is 0 Å². The van der Waals surface area contributed by atoms with Crippen molar-refractivity contribution < 1.29 is 38.4 Å². The van der Waals surface area contributed by atoms with Gasteiger partial charge in [-0.25, -0.2) is 9.59 Å². The van der Waals surface area contributed by atoms with Crippen LogP contribution < -0.4 is 35.0 Å². The molecule has 3 aromatic carbocycles. The number of rotatable bonds is 14. The molecular formula is C33H37BrN4O8. The van der Waals surface area contributed by atoms with Crippen LogP contribution in [0.1, 0.15) is 42.1 Å². The first-order valence-corrected chi connectivity index (χ1v) is 15.2. The topological polar surface area (TPSA) is 149 Å². The summed E-state index contributed by atoms with van der Waals surface area (Å²) in [4.78, 5) is 24.6. The molecule has 0 radical (unpaired) electrons. The number of amides is 2. The predicted molar refractivity (Wildman–Crippen MR) is 175 cm³/mol. The fraction of sp³-hybridized carbons (Fsp3) is 0.303. The van der Waals surface area contributed by atoms with Crippen LogP contribution in [0.5, 0.6) is 23.0 Å². The van der Waals surface area contributed by atoms with Gasteiger partial charge in [0.05, 0.1) is 38.7 Å². The summed E-state index contributed by atoms with van der Waals surface area (Å²) >= 11 is 3.54. The normalized spacial score (nSPS) is 15.1. The number of nitrogens with one attached hydrogen (secondary N) is 3. The van der Waals surface area contributed by atoms with E-state index < -0.39 is 24.3 Å². The number of carbonyl (C=O) groups is 2. The van der Waals surface area contributed by atoms with E-state index in [0.29, 0.717) is 53.0 Å². The Balaban J connectivity index is 1.39. The molecule has 4 N–H and O–H groups in total. The van der Waals surface area contributed by atoms with Crippen LogP contribution in [-0.2, 0) is 16.1 Å². The van der Waals surface area contributed by atoms with Crippen LogP contribution >= 0.6 is 15.9 Å². The molecule has 0 aliphatic carbocycles. The highest BCUT2D eigenvalue weighted by Crippen LogP contribution is 2.35. The van der Waals surface area contributed by atoms with Crippen LogP contribution in [0, 0.1) is 6.92 Å². The number of hydrazone groups is 1. The summed E-state index contributed by atoms with van der Waals surface area (Å²) in [6, 6.07) is 15.5. The van der Waals surface area contributed by atoms with Gasteiger partial charge in [0.15, 0.2) is 29.2 Å². The molecule has 2 atom stereocenters. The van der Waals surface area contributed by atoms with Crippen molar-refractivity contribution in [3.8, 4) is 23.0 Å². The number of ether oxygens (including phenoxy) is 5.